The summed E-state index contributed by atoms with van der Waals surface area (Å²) in [5.74, 6) is 0.0771. The number of hydrogen-bond donors (Lipinski definition) is 2. The molecular formula is C28H23FIN3O3. The highest BCUT2D eigenvalue weighted by molar-refractivity contribution is 14.1. The Hall–Kier alpha value is -3.84. The fraction of sp³-hybridized carbons (Fsp3) is 0.143. The predicted molar refractivity (Wildman–Crippen MR) is 145 cm³/mol. The molecule has 1 aromatic heterocycles. The Bertz CT molecular complexity index is 1470. The van der Waals surface area contributed by atoms with Gasteiger partial charge >= 0.3 is 0 Å². The van der Waals surface area contributed by atoms with Crippen LogP contribution in [0.4, 0.5) is 4.39 Å². The number of carbonyl (C=O) groups is 1. The lowest BCUT2D eigenvalue weighted by Gasteiger charge is -2.14. The number of H-pyrrole nitrogens is 1. The molecule has 0 saturated heterocycles. The van der Waals surface area contributed by atoms with E-state index in [1.807, 2.05) is 36.5 Å². The number of nitrogens with zero attached hydrogens (tertiary/aromatic N) is 1. The van der Waals surface area contributed by atoms with Gasteiger partial charge in [0.2, 0.25) is 0 Å². The van der Waals surface area contributed by atoms with E-state index < -0.39 is 5.91 Å². The fourth-order valence-electron chi connectivity index (χ4n) is 3.79. The van der Waals surface area contributed by atoms with Gasteiger partial charge in [0.15, 0.2) is 11.5 Å². The molecule has 1 heterocycles. The number of rotatable bonds is 9. The number of aromatic nitrogens is 1. The monoisotopic (exact) mass is 595 g/mol. The number of amides is 1. The molecule has 4 aromatic rings. The summed E-state index contributed by atoms with van der Waals surface area (Å²) < 4.78 is 25.9. The first-order valence-corrected chi connectivity index (χ1v) is 12.3. The molecular weight excluding hydrogens is 572 g/mol. The minimum Gasteiger partial charge on any atom is -0.493 e. The minimum atomic E-state index is -0.453. The number of fused-ring (bicyclic) bond motifs is 1. The average molecular weight is 595 g/mol. The number of para-hydroxylation sites is 1. The number of ether oxygens (including phenoxy) is 2. The number of carbonyl (C=O) groups excluding carboxylic acids is 1. The van der Waals surface area contributed by atoms with Gasteiger partial charge in [-0.2, -0.15) is 5.26 Å². The topological polar surface area (TPSA) is 87.1 Å². The summed E-state index contributed by atoms with van der Waals surface area (Å²) in [5.41, 5.74) is 3.15. The Morgan fingerprint density at radius 2 is 1.94 bits per heavy atom. The molecule has 4 rings (SSSR count). The lowest BCUT2D eigenvalue weighted by atomic mass is 10.1. The molecule has 36 heavy (non-hydrogen) atoms. The van der Waals surface area contributed by atoms with Crippen LogP contribution in [0.2, 0.25) is 0 Å². The number of benzene rings is 3. The summed E-state index contributed by atoms with van der Waals surface area (Å²) in [4.78, 5) is 15.9. The third-order valence-electron chi connectivity index (χ3n) is 5.61. The number of aromatic amines is 1. The number of hydrogen-bond acceptors (Lipinski definition) is 4. The van der Waals surface area contributed by atoms with Crippen LogP contribution in [0, 0.1) is 20.7 Å². The second-order valence-corrected chi connectivity index (χ2v) is 9.11. The molecule has 0 atom stereocenters. The van der Waals surface area contributed by atoms with Crippen LogP contribution < -0.4 is 14.8 Å². The van der Waals surface area contributed by atoms with Crippen LogP contribution in [0.5, 0.6) is 11.5 Å². The third kappa shape index (κ3) is 5.86. The Morgan fingerprint density at radius 3 is 2.72 bits per heavy atom. The van der Waals surface area contributed by atoms with E-state index in [0.717, 1.165) is 16.5 Å². The first-order valence-electron chi connectivity index (χ1n) is 11.2. The highest BCUT2D eigenvalue weighted by Crippen LogP contribution is 2.35. The molecule has 0 radical (unpaired) electrons. The summed E-state index contributed by atoms with van der Waals surface area (Å²) in [7, 11) is 1.50. The standard InChI is InChI=1S/C28H23FIN3O3/c1-35-26-14-18(13-24(30)27(26)36-17-20-6-2-4-8-23(20)29)12-21(15-31)28(34)32-11-10-19-16-33-25-9-5-3-7-22(19)25/h2-9,12-14,16,33H,10-11,17H2,1H3,(H,32,34)/b21-12-. The molecule has 0 aliphatic carbocycles. The highest BCUT2D eigenvalue weighted by atomic mass is 127. The Kier molecular flexibility index (Phi) is 8.23. The molecule has 0 unspecified atom stereocenters. The van der Waals surface area contributed by atoms with E-state index in [9.17, 15) is 14.4 Å². The van der Waals surface area contributed by atoms with E-state index in [2.05, 4.69) is 32.9 Å². The maximum atomic E-state index is 13.9. The number of nitrogens with one attached hydrogen (secondary N) is 2. The third-order valence-corrected chi connectivity index (χ3v) is 6.41. The van der Waals surface area contributed by atoms with Gasteiger partial charge in [-0.25, -0.2) is 4.39 Å². The molecule has 0 fully saturated rings. The van der Waals surface area contributed by atoms with Crippen LogP contribution in [0.1, 0.15) is 16.7 Å². The molecule has 8 heteroatoms. The molecule has 6 nitrogen and oxygen atoms in total. The van der Waals surface area contributed by atoms with Crippen molar-refractivity contribution in [3.8, 4) is 17.6 Å². The van der Waals surface area contributed by atoms with Gasteiger partial charge in [-0.15, -0.1) is 0 Å². The van der Waals surface area contributed by atoms with Crippen molar-refractivity contribution in [1.82, 2.24) is 10.3 Å². The first kappa shape index (κ1) is 25.3. The van der Waals surface area contributed by atoms with E-state index in [0.29, 0.717) is 39.2 Å². The zero-order valence-electron chi connectivity index (χ0n) is 19.5. The van der Waals surface area contributed by atoms with Gasteiger partial charge in [-0.3, -0.25) is 4.79 Å². The lowest BCUT2D eigenvalue weighted by molar-refractivity contribution is -0.117. The molecule has 0 bridgehead atoms. The van der Waals surface area contributed by atoms with E-state index >= 15 is 0 Å². The Morgan fingerprint density at radius 1 is 1.17 bits per heavy atom. The van der Waals surface area contributed by atoms with Gasteiger partial charge in [0.25, 0.3) is 5.91 Å². The summed E-state index contributed by atoms with van der Waals surface area (Å²) in [6, 6.07) is 19.8. The van der Waals surface area contributed by atoms with Crippen LogP contribution >= 0.6 is 22.6 Å². The Balaban J connectivity index is 1.44. The minimum absolute atomic E-state index is 0.0215. The second kappa shape index (κ2) is 11.7. The molecule has 3 aromatic carbocycles. The van der Waals surface area contributed by atoms with Gasteiger partial charge in [-0.05, 0) is 70.5 Å². The number of halogens is 2. The Labute approximate surface area is 221 Å². The average Bonchev–Trinajstić information content (AvgIpc) is 3.30. The quantitative estimate of drug-likeness (QED) is 0.146. The van der Waals surface area contributed by atoms with E-state index in [1.165, 1.54) is 19.3 Å². The van der Waals surface area contributed by atoms with E-state index in [4.69, 9.17) is 9.47 Å². The zero-order valence-corrected chi connectivity index (χ0v) is 21.6. The van der Waals surface area contributed by atoms with Gasteiger partial charge in [0, 0.05) is 29.2 Å². The largest absolute Gasteiger partial charge is 0.493 e. The van der Waals surface area contributed by atoms with Crippen LogP contribution in [0.25, 0.3) is 17.0 Å². The smallest absolute Gasteiger partial charge is 0.261 e. The van der Waals surface area contributed by atoms with Crippen molar-refractivity contribution in [3.63, 3.8) is 0 Å². The zero-order chi connectivity index (χ0) is 25.5. The molecule has 182 valence electrons. The van der Waals surface area contributed by atoms with Gasteiger partial charge < -0.3 is 19.8 Å². The van der Waals surface area contributed by atoms with Crippen LogP contribution in [-0.4, -0.2) is 24.5 Å². The predicted octanol–water partition coefficient (Wildman–Crippen LogP) is 5.77. The van der Waals surface area contributed by atoms with Crippen molar-refractivity contribution in [2.45, 2.75) is 13.0 Å². The van der Waals surface area contributed by atoms with Crippen LogP contribution in [0.3, 0.4) is 0 Å². The van der Waals surface area contributed by atoms with E-state index in [1.54, 1.807) is 30.3 Å². The van der Waals surface area contributed by atoms with Crippen LogP contribution in [0.15, 0.2) is 72.4 Å². The molecule has 1 amide bonds. The SMILES string of the molecule is COc1cc(/C=C(/C#N)C(=O)NCCc2c[nH]c3ccccc23)cc(I)c1OCc1ccccc1F. The molecule has 0 spiro atoms. The van der Waals surface area contributed by atoms with Crippen molar-refractivity contribution in [2.75, 3.05) is 13.7 Å². The first-order chi connectivity index (χ1) is 17.5. The lowest BCUT2D eigenvalue weighted by Crippen LogP contribution is -2.26. The molecule has 0 saturated carbocycles. The van der Waals surface area contributed by atoms with E-state index in [-0.39, 0.29) is 18.0 Å². The number of methoxy groups -OCH3 is 1. The summed E-state index contributed by atoms with van der Waals surface area (Å²) >= 11 is 2.08. The van der Waals surface area contributed by atoms with Crippen molar-refractivity contribution in [1.29, 1.82) is 5.26 Å². The van der Waals surface area contributed by atoms with Crippen molar-refractivity contribution < 1.29 is 18.7 Å². The van der Waals surface area contributed by atoms with Crippen molar-refractivity contribution in [2.24, 2.45) is 0 Å². The van der Waals surface area contributed by atoms with Gasteiger partial charge in [0.05, 0.1) is 10.7 Å². The number of nitriles is 1. The maximum absolute atomic E-state index is 13.9. The molecule has 2 N–H and O–H groups in total. The summed E-state index contributed by atoms with van der Waals surface area (Å²) in [5, 5.41) is 13.5. The summed E-state index contributed by atoms with van der Waals surface area (Å²) in [6.07, 6.45) is 4.07. The van der Waals surface area contributed by atoms with Crippen molar-refractivity contribution in [3.05, 3.63) is 98.5 Å². The normalized spacial score (nSPS) is 11.2. The van der Waals surface area contributed by atoms with Gasteiger partial charge in [0.1, 0.15) is 24.1 Å². The maximum Gasteiger partial charge on any atom is 0.261 e. The van der Waals surface area contributed by atoms with Crippen LogP contribution in [-0.2, 0) is 17.8 Å². The van der Waals surface area contributed by atoms with Crippen molar-refractivity contribution >= 4 is 45.5 Å². The highest BCUT2D eigenvalue weighted by Gasteiger charge is 2.15. The fourth-order valence-corrected chi connectivity index (χ4v) is 4.57. The molecule has 0 aliphatic heterocycles. The molecule has 0 aliphatic rings. The van der Waals surface area contributed by atoms with Gasteiger partial charge in [-0.1, -0.05) is 36.4 Å². The second-order valence-electron chi connectivity index (χ2n) is 7.95. The summed E-state index contributed by atoms with van der Waals surface area (Å²) in [6.45, 7) is 0.430.